The van der Waals surface area contributed by atoms with Crippen LogP contribution in [0.1, 0.15) is 16.1 Å². The van der Waals surface area contributed by atoms with E-state index in [4.69, 9.17) is 9.15 Å². The molecule has 7 heteroatoms. The summed E-state index contributed by atoms with van der Waals surface area (Å²) in [7, 11) is 1.56. The van der Waals surface area contributed by atoms with E-state index < -0.39 is 0 Å². The highest BCUT2D eigenvalue weighted by Crippen LogP contribution is 2.23. The van der Waals surface area contributed by atoms with Crippen LogP contribution in [-0.2, 0) is 9.53 Å². The molecule has 0 atom stereocenters. The second-order valence-corrected chi connectivity index (χ2v) is 5.16. The zero-order valence-corrected chi connectivity index (χ0v) is 12.3. The summed E-state index contributed by atoms with van der Waals surface area (Å²) in [5.74, 6) is 0.0233. The zero-order chi connectivity index (χ0) is 14.0. The van der Waals surface area contributed by atoms with Gasteiger partial charge in [-0.1, -0.05) is 0 Å². The number of likely N-dealkylation sites (tertiary alicyclic amines) is 1. The molecular weight excluding hydrogens is 316 g/mol. The maximum Gasteiger partial charge on any atom is 0.290 e. The molecule has 2 rings (SSSR count). The molecule has 1 aromatic rings. The highest BCUT2D eigenvalue weighted by atomic mass is 79.9. The molecule has 0 radical (unpaired) electrons. The van der Waals surface area contributed by atoms with Crippen molar-refractivity contribution in [2.24, 2.45) is 0 Å². The van der Waals surface area contributed by atoms with Crippen LogP contribution in [0.5, 0.6) is 0 Å². The molecule has 1 saturated heterocycles. The van der Waals surface area contributed by atoms with E-state index >= 15 is 0 Å². The number of carbonyl (C=O) groups is 2. The van der Waals surface area contributed by atoms with E-state index in [-0.39, 0.29) is 24.5 Å². The summed E-state index contributed by atoms with van der Waals surface area (Å²) in [5.41, 5.74) is 0.798. The Bertz CT molecular complexity index is 494. The molecule has 19 heavy (non-hydrogen) atoms. The van der Waals surface area contributed by atoms with Gasteiger partial charge < -0.3 is 19.4 Å². The van der Waals surface area contributed by atoms with Crippen LogP contribution in [0.15, 0.2) is 15.2 Å². The maximum absolute atomic E-state index is 12.1. The van der Waals surface area contributed by atoms with Crippen LogP contribution < -0.4 is 5.32 Å². The SMILES string of the molecule is CNC(=O)COC1CN(C(=O)c2oc(Br)cc2C)C1. The number of rotatable bonds is 4. The fourth-order valence-corrected chi connectivity index (χ4v) is 2.28. The summed E-state index contributed by atoms with van der Waals surface area (Å²) in [4.78, 5) is 24.7. The Kier molecular flexibility index (Phi) is 4.26. The second kappa shape index (κ2) is 5.75. The van der Waals surface area contributed by atoms with Crippen LogP contribution in [-0.4, -0.2) is 49.6 Å². The normalized spacial score (nSPS) is 15.2. The van der Waals surface area contributed by atoms with Gasteiger partial charge in [-0.3, -0.25) is 9.59 Å². The van der Waals surface area contributed by atoms with Crippen molar-refractivity contribution >= 4 is 27.7 Å². The molecule has 0 bridgehead atoms. The van der Waals surface area contributed by atoms with Crippen molar-refractivity contribution in [3.8, 4) is 0 Å². The van der Waals surface area contributed by atoms with Crippen LogP contribution in [0.3, 0.4) is 0 Å². The van der Waals surface area contributed by atoms with Crippen molar-refractivity contribution in [2.45, 2.75) is 13.0 Å². The van der Waals surface area contributed by atoms with Gasteiger partial charge in [-0.15, -0.1) is 0 Å². The number of hydrogen-bond donors (Lipinski definition) is 1. The smallest absolute Gasteiger partial charge is 0.290 e. The third-order valence-corrected chi connectivity index (χ3v) is 3.34. The lowest BCUT2D eigenvalue weighted by atomic mass is 10.1. The van der Waals surface area contributed by atoms with Crippen molar-refractivity contribution < 1.29 is 18.7 Å². The number of ether oxygens (including phenoxy) is 1. The van der Waals surface area contributed by atoms with Crippen LogP contribution >= 0.6 is 15.9 Å². The largest absolute Gasteiger partial charge is 0.444 e. The molecule has 2 heterocycles. The van der Waals surface area contributed by atoms with Gasteiger partial charge in [0.25, 0.3) is 5.91 Å². The van der Waals surface area contributed by atoms with E-state index in [0.717, 1.165) is 5.56 Å². The van der Waals surface area contributed by atoms with Gasteiger partial charge in [0.2, 0.25) is 5.91 Å². The summed E-state index contributed by atoms with van der Waals surface area (Å²) in [5, 5.41) is 2.47. The predicted molar refractivity (Wildman–Crippen MR) is 70.9 cm³/mol. The number of carbonyl (C=O) groups excluding carboxylic acids is 2. The third-order valence-electron chi connectivity index (χ3n) is 2.95. The number of nitrogens with one attached hydrogen (secondary N) is 1. The Morgan fingerprint density at radius 3 is 2.79 bits per heavy atom. The fourth-order valence-electron chi connectivity index (χ4n) is 1.77. The number of furan rings is 1. The van der Waals surface area contributed by atoms with E-state index in [1.807, 2.05) is 6.92 Å². The first-order valence-electron chi connectivity index (χ1n) is 5.88. The number of aryl methyl sites for hydroxylation is 1. The van der Waals surface area contributed by atoms with Gasteiger partial charge in [-0.25, -0.2) is 0 Å². The van der Waals surface area contributed by atoms with Gasteiger partial charge >= 0.3 is 0 Å². The lowest BCUT2D eigenvalue weighted by Crippen LogP contribution is -2.55. The van der Waals surface area contributed by atoms with Crippen molar-refractivity contribution in [1.82, 2.24) is 10.2 Å². The standard InChI is InChI=1S/C12H15BrN2O4/c1-7-3-9(13)19-11(7)12(17)15-4-8(5-15)18-6-10(16)14-2/h3,8H,4-6H2,1-2H3,(H,14,16). The lowest BCUT2D eigenvalue weighted by molar-refractivity contribution is -0.130. The van der Waals surface area contributed by atoms with Crippen LogP contribution in [0.2, 0.25) is 0 Å². The van der Waals surface area contributed by atoms with Crippen molar-refractivity contribution in [3.05, 3.63) is 22.1 Å². The molecule has 1 aliphatic rings. The average molecular weight is 331 g/mol. The highest BCUT2D eigenvalue weighted by Gasteiger charge is 2.34. The quantitative estimate of drug-likeness (QED) is 0.891. The van der Waals surface area contributed by atoms with Gasteiger partial charge in [-0.05, 0) is 28.9 Å². The third kappa shape index (κ3) is 3.16. The van der Waals surface area contributed by atoms with E-state index in [9.17, 15) is 9.59 Å². The van der Waals surface area contributed by atoms with Crippen LogP contribution in [0.25, 0.3) is 0 Å². The Hall–Kier alpha value is -1.34. The Morgan fingerprint density at radius 2 is 2.26 bits per heavy atom. The van der Waals surface area contributed by atoms with Crippen molar-refractivity contribution in [2.75, 3.05) is 26.7 Å². The first kappa shape index (κ1) is 14.1. The average Bonchev–Trinajstić information content (AvgIpc) is 2.65. The molecule has 1 aromatic heterocycles. The molecule has 0 unspecified atom stereocenters. The molecular formula is C12H15BrN2O4. The molecule has 0 aromatic carbocycles. The van der Waals surface area contributed by atoms with Gasteiger partial charge in [0.1, 0.15) is 6.61 Å². The van der Waals surface area contributed by atoms with E-state index in [1.165, 1.54) is 0 Å². The molecule has 1 N–H and O–H groups in total. The molecule has 1 fully saturated rings. The van der Waals surface area contributed by atoms with E-state index in [1.54, 1.807) is 18.0 Å². The summed E-state index contributed by atoms with van der Waals surface area (Å²) >= 11 is 3.19. The van der Waals surface area contributed by atoms with Crippen LogP contribution in [0.4, 0.5) is 0 Å². The fraction of sp³-hybridized carbons (Fsp3) is 0.500. The van der Waals surface area contributed by atoms with Gasteiger partial charge in [0, 0.05) is 25.7 Å². The number of halogens is 1. The molecule has 0 spiro atoms. The highest BCUT2D eigenvalue weighted by molar-refractivity contribution is 9.10. The summed E-state index contributed by atoms with van der Waals surface area (Å²) in [6, 6.07) is 1.76. The predicted octanol–water partition coefficient (Wildman–Crippen LogP) is 0.938. The number of amides is 2. The van der Waals surface area contributed by atoms with Gasteiger partial charge in [0.15, 0.2) is 10.4 Å². The first-order valence-corrected chi connectivity index (χ1v) is 6.68. The summed E-state index contributed by atoms with van der Waals surface area (Å²) < 4.78 is 11.2. The molecule has 0 saturated carbocycles. The molecule has 6 nitrogen and oxygen atoms in total. The minimum absolute atomic E-state index is 0.0223. The van der Waals surface area contributed by atoms with Crippen LogP contribution in [0, 0.1) is 6.92 Å². The van der Waals surface area contributed by atoms with Gasteiger partial charge in [0.05, 0.1) is 6.10 Å². The Labute approximate surface area is 119 Å². The number of hydrogen-bond acceptors (Lipinski definition) is 4. The minimum atomic E-state index is -0.171. The van der Waals surface area contributed by atoms with Crippen molar-refractivity contribution in [1.29, 1.82) is 0 Å². The number of likely N-dealkylation sites (N-methyl/N-ethyl adjacent to an activating group) is 1. The molecule has 2 amide bonds. The summed E-state index contributed by atoms with van der Waals surface area (Å²) in [6.45, 7) is 2.80. The Balaban J connectivity index is 1.82. The van der Waals surface area contributed by atoms with Gasteiger partial charge in [-0.2, -0.15) is 0 Å². The zero-order valence-electron chi connectivity index (χ0n) is 10.7. The maximum atomic E-state index is 12.1. The topological polar surface area (TPSA) is 71.8 Å². The monoisotopic (exact) mass is 330 g/mol. The van der Waals surface area contributed by atoms with E-state index in [0.29, 0.717) is 23.5 Å². The van der Waals surface area contributed by atoms with E-state index in [2.05, 4.69) is 21.2 Å². The first-order chi connectivity index (χ1) is 9.01. The summed E-state index contributed by atoms with van der Waals surface area (Å²) in [6.07, 6.45) is -0.0834. The number of nitrogens with zero attached hydrogens (tertiary/aromatic N) is 1. The molecule has 1 aliphatic heterocycles. The second-order valence-electron chi connectivity index (χ2n) is 4.38. The molecule has 104 valence electrons. The Morgan fingerprint density at radius 1 is 1.58 bits per heavy atom. The minimum Gasteiger partial charge on any atom is -0.444 e. The van der Waals surface area contributed by atoms with Crippen molar-refractivity contribution in [3.63, 3.8) is 0 Å². The molecule has 0 aliphatic carbocycles. The lowest BCUT2D eigenvalue weighted by Gasteiger charge is -2.38.